The SMILES string of the molecule is Cc1ccc2c(c1)c1cc(C)ccc1n2-c1cc(-n2c3ccc(C)cc3c3cc(C)ccc32)c(C#N)c(-c2c(C#N)c(-n3c4ccc(C)cc4c4cc(C)ccc43)cc(-n3c4ccc(C)cc4c4cc(C)ccc43)c2C#N)c1C#N. The van der Waals surface area contributed by atoms with Gasteiger partial charge in [0.05, 0.1) is 89.1 Å². The third-order valence-electron chi connectivity index (χ3n) is 16.5. The zero-order valence-corrected chi connectivity index (χ0v) is 45.6. The third kappa shape index (κ3) is 6.77. The van der Waals surface area contributed by atoms with Crippen LogP contribution in [0.3, 0.4) is 0 Å². The van der Waals surface area contributed by atoms with E-state index in [1.165, 1.54) is 0 Å². The Morgan fingerprint density at radius 2 is 0.375 bits per heavy atom. The van der Waals surface area contributed by atoms with Crippen molar-refractivity contribution in [2.75, 3.05) is 0 Å². The van der Waals surface area contributed by atoms with E-state index in [-0.39, 0.29) is 33.4 Å². The third-order valence-corrected chi connectivity index (χ3v) is 16.5. The van der Waals surface area contributed by atoms with Crippen molar-refractivity contribution in [1.29, 1.82) is 21.0 Å². The van der Waals surface area contributed by atoms with E-state index in [0.29, 0.717) is 22.7 Å². The fourth-order valence-electron chi connectivity index (χ4n) is 13.0. The van der Waals surface area contributed by atoms with Crippen LogP contribution in [0.5, 0.6) is 0 Å². The molecule has 4 heterocycles. The van der Waals surface area contributed by atoms with Crippen LogP contribution < -0.4 is 0 Å². The van der Waals surface area contributed by atoms with Crippen molar-refractivity contribution in [3.8, 4) is 58.2 Å². The lowest BCUT2D eigenvalue weighted by Crippen LogP contribution is -2.11. The predicted molar refractivity (Wildman–Crippen MR) is 326 cm³/mol. The fraction of sp³-hybridized carbons (Fsp3) is 0.111. The molecule has 8 heteroatoms. The topological polar surface area (TPSA) is 115 Å². The van der Waals surface area contributed by atoms with Gasteiger partial charge in [0.2, 0.25) is 0 Å². The number of aromatic nitrogens is 4. The summed E-state index contributed by atoms with van der Waals surface area (Å²) in [5, 5.41) is 57.2. The minimum Gasteiger partial charge on any atom is -0.308 e. The molecule has 0 N–H and O–H groups in total. The highest BCUT2D eigenvalue weighted by Crippen LogP contribution is 2.49. The molecule has 8 nitrogen and oxygen atoms in total. The molecule has 4 aromatic heterocycles. The average molecular weight is 1030 g/mol. The van der Waals surface area contributed by atoms with Crippen molar-refractivity contribution < 1.29 is 0 Å². The van der Waals surface area contributed by atoms with Gasteiger partial charge in [-0.1, -0.05) is 93.0 Å². The molecule has 0 atom stereocenters. The van der Waals surface area contributed by atoms with Gasteiger partial charge in [0, 0.05) is 54.2 Å². The molecule has 0 bridgehead atoms. The zero-order valence-electron chi connectivity index (χ0n) is 45.6. The molecule has 80 heavy (non-hydrogen) atoms. The molecule has 378 valence electrons. The van der Waals surface area contributed by atoms with Gasteiger partial charge in [-0.15, -0.1) is 0 Å². The largest absolute Gasteiger partial charge is 0.308 e. The van der Waals surface area contributed by atoms with Gasteiger partial charge in [-0.2, -0.15) is 21.0 Å². The van der Waals surface area contributed by atoms with Crippen molar-refractivity contribution in [2.45, 2.75) is 55.4 Å². The van der Waals surface area contributed by atoms with E-state index in [1.54, 1.807) is 0 Å². The van der Waals surface area contributed by atoms with Crippen LogP contribution in [0, 0.1) is 101 Å². The van der Waals surface area contributed by atoms with E-state index in [2.05, 4.69) is 244 Å². The number of fused-ring (bicyclic) bond motifs is 12. The minimum atomic E-state index is 0.149. The quantitative estimate of drug-likeness (QED) is 0.171. The number of nitriles is 4. The number of hydrogen-bond acceptors (Lipinski definition) is 4. The van der Waals surface area contributed by atoms with Gasteiger partial charge >= 0.3 is 0 Å². The molecule has 0 saturated carbocycles. The summed E-state index contributed by atoms with van der Waals surface area (Å²) >= 11 is 0. The summed E-state index contributed by atoms with van der Waals surface area (Å²) in [6, 6.07) is 65.6. The monoisotopic (exact) mass is 1030 g/mol. The van der Waals surface area contributed by atoms with Crippen LogP contribution in [0.1, 0.15) is 66.8 Å². The van der Waals surface area contributed by atoms with Crippen LogP contribution in [-0.4, -0.2) is 18.3 Å². The van der Waals surface area contributed by atoms with Crippen molar-refractivity contribution in [3.05, 3.63) is 224 Å². The molecule has 0 spiro atoms. The lowest BCUT2D eigenvalue weighted by Gasteiger charge is -2.24. The maximum Gasteiger partial charge on any atom is 0.102 e. The van der Waals surface area contributed by atoms with Crippen molar-refractivity contribution in [1.82, 2.24) is 18.3 Å². The number of nitrogens with zero attached hydrogens (tertiary/aromatic N) is 8. The molecule has 14 aromatic rings. The zero-order chi connectivity index (χ0) is 55.2. The maximum absolute atomic E-state index is 12.3. The molecule has 0 aliphatic heterocycles. The Hall–Kier alpha value is -10.6. The van der Waals surface area contributed by atoms with Gasteiger partial charge < -0.3 is 18.3 Å². The molecule has 0 amide bonds. The van der Waals surface area contributed by atoms with E-state index in [4.69, 9.17) is 0 Å². The van der Waals surface area contributed by atoms with Gasteiger partial charge in [-0.05, 0) is 165 Å². The lowest BCUT2D eigenvalue weighted by atomic mass is 9.85. The second kappa shape index (κ2) is 17.4. The molecule has 0 radical (unpaired) electrons. The smallest absolute Gasteiger partial charge is 0.102 e. The van der Waals surface area contributed by atoms with Crippen LogP contribution in [-0.2, 0) is 0 Å². The van der Waals surface area contributed by atoms with Crippen LogP contribution >= 0.6 is 0 Å². The first-order valence-electron chi connectivity index (χ1n) is 26.9. The van der Waals surface area contributed by atoms with E-state index in [9.17, 15) is 21.0 Å². The molecule has 0 aliphatic carbocycles. The van der Waals surface area contributed by atoms with Crippen LogP contribution in [0.4, 0.5) is 0 Å². The van der Waals surface area contributed by atoms with Crippen molar-refractivity contribution in [3.63, 3.8) is 0 Å². The summed E-state index contributed by atoms with van der Waals surface area (Å²) < 4.78 is 8.54. The summed E-state index contributed by atoms with van der Waals surface area (Å²) in [4.78, 5) is 0. The Balaban J connectivity index is 1.26. The summed E-state index contributed by atoms with van der Waals surface area (Å²) in [5.74, 6) is 0. The molecule has 14 rings (SSSR count). The van der Waals surface area contributed by atoms with E-state index < -0.39 is 0 Å². The number of aryl methyl sites for hydroxylation is 8. The van der Waals surface area contributed by atoms with E-state index in [1.807, 2.05) is 12.1 Å². The Labute approximate surface area is 462 Å². The second-order valence-electron chi connectivity index (χ2n) is 22.0. The predicted octanol–water partition coefficient (Wildman–Crippen LogP) is 17.7. The molecule has 0 aliphatic rings. The first-order chi connectivity index (χ1) is 38.8. The highest BCUT2D eigenvalue weighted by Gasteiger charge is 2.33. The average Bonchev–Trinajstić information content (AvgIpc) is 3.06. The Bertz CT molecular complexity index is 4430. The number of hydrogen-bond donors (Lipinski definition) is 0. The highest BCUT2D eigenvalue weighted by atomic mass is 15.0. The van der Waals surface area contributed by atoms with E-state index in [0.717, 1.165) is 132 Å². The fourth-order valence-corrected chi connectivity index (χ4v) is 13.0. The van der Waals surface area contributed by atoms with Gasteiger partial charge in [0.1, 0.15) is 24.3 Å². The maximum atomic E-state index is 12.3. The van der Waals surface area contributed by atoms with Gasteiger partial charge in [-0.3, -0.25) is 0 Å². The molecule has 0 fully saturated rings. The molecular formula is C72H50N8. The van der Waals surface area contributed by atoms with Crippen molar-refractivity contribution in [2.24, 2.45) is 0 Å². The number of benzene rings is 10. The van der Waals surface area contributed by atoms with Gasteiger partial charge in [0.25, 0.3) is 0 Å². The first-order valence-corrected chi connectivity index (χ1v) is 26.9. The standard InChI is InChI=1S/C72H50N8/c1-39-9-17-59-47(25-39)48-26-40(2)10-18-60(48)77(59)67-33-68(78-61-19-11-41(3)27-49(61)50-28-42(4)12-20-62(50)78)56(36-74)71(55(67)35-73)72-57(37-75)69(79-63-21-13-43(5)29-51(63)52-30-44(6)14-22-64(52)79)34-70(58(72)38-76)80-65-23-15-45(7)31-53(65)54-32-46(8)16-24-66(54)80/h9-34H,1-8H3. The van der Waals surface area contributed by atoms with E-state index >= 15 is 0 Å². The summed E-state index contributed by atoms with van der Waals surface area (Å²) in [6.07, 6.45) is 0. The Morgan fingerprint density at radius 3 is 0.512 bits per heavy atom. The van der Waals surface area contributed by atoms with Crippen LogP contribution in [0.2, 0.25) is 0 Å². The van der Waals surface area contributed by atoms with Crippen molar-refractivity contribution >= 4 is 87.2 Å². The summed E-state index contributed by atoms with van der Waals surface area (Å²) in [7, 11) is 0. The minimum absolute atomic E-state index is 0.149. The van der Waals surface area contributed by atoms with Crippen LogP contribution in [0.15, 0.2) is 158 Å². The Kier molecular flexibility index (Phi) is 10.4. The first kappa shape index (κ1) is 47.8. The second-order valence-corrected chi connectivity index (χ2v) is 22.0. The summed E-state index contributed by atoms with van der Waals surface area (Å²) in [6.45, 7) is 16.7. The lowest BCUT2D eigenvalue weighted by molar-refractivity contribution is 1.10. The molecule has 0 saturated heterocycles. The van der Waals surface area contributed by atoms with Gasteiger partial charge in [0.15, 0.2) is 0 Å². The molecule has 10 aromatic carbocycles. The molecule has 0 unspecified atom stereocenters. The normalized spacial score (nSPS) is 11.7. The van der Waals surface area contributed by atoms with Crippen LogP contribution in [0.25, 0.3) is 121 Å². The molecular weight excluding hydrogens is 977 g/mol. The Morgan fingerprint density at radius 1 is 0.225 bits per heavy atom. The van der Waals surface area contributed by atoms with Gasteiger partial charge in [-0.25, -0.2) is 0 Å². The highest BCUT2D eigenvalue weighted by molar-refractivity contribution is 6.15. The number of rotatable bonds is 5. The summed E-state index contributed by atoms with van der Waals surface area (Å²) in [5.41, 5.74) is 18.6.